The SMILES string of the molecule is CC(O)(CN=C(NCCc1ccco1)NC1CC2CCC1C2)c1ccco1.I. The van der Waals surface area contributed by atoms with Gasteiger partial charge >= 0.3 is 0 Å². The molecule has 6 nitrogen and oxygen atoms in total. The minimum atomic E-state index is -1.13. The van der Waals surface area contributed by atoms with Crippen LogP contribution in [0.2, 0.25) is 0 Å². The molecule has 2 aliphatic carbocycles. The van der Waals surface area contributed by atoms with Gasteiger partial charge in [-0.2, -0.15) is 0 Å². The molecule has 2 aliphatic rings. The average molecular weight is 499 g/mol. The largest absolute Gasteiger partial charge is 0.469 e. The number of halogens is 1. The third kappa shape index (κ3) is 5.11. The van der Waals surface area contributed by atoms with Crippen LogP contribution in [0.25, 0.3) is 0 Å². The molecule has 0 saturated heterocycles. The number of hydrogen-bond donors (Lipinski definition) is 3. The minimum absolute atomic E-state index is 0. The second-order valence-electron chi connectivity index (χ2n) is 8.10. The summed E-state index contributed by atoms with van der Waals surface area (Å²) in [7, 11) is 0. The fourth-order valence-corrected chi connectivity index (χ4v) is 4.40. The van der Waals surface area contributed by atoms with Crippen molar-refractivity contribution in [2.24, 2.45) is 16.8 Å². The lowest BCUT2D eigenvalue weighted by Gasteiger charge is -2.26. The Hall–Kier alpha value is -1.48. The topological polar surface area (TPSA) is 82.9 Å². The van der Waals surface area contributed by atoms with Gasteiger partial charge in [-0.1, -0.05) is 6.42 Å². The molecule has 0 spiro atoms. The van der Waals surface area contributed by atoms with Crippen LogP contribution < -0.4 is 10.6 Å². The Balaban J connectivity index is 0.00000225. The summed E-state index contributed by atoms with van der Waals surface area (Å²) in [6.45, 7) is 2.69. The summed E-state index contributed by atoms with van der Waals surface area (Å²) in [6, 6.07) is 7.92. The van der Waals surface area contributed by atoms with Gasteiger partial charge in [0.25, 0.3) is 0 Å². The van der Waals surface area contributed by atoms with Crippen LogP contribution in [0.15, 0.2) is 50.6 Å². The molecule has 154 valence electrons. The monoisotopic (exact) mass is 499 g/mol. The van der Waals surface area contributed by atoms with E-state index < -0.39 is 5.60 Å². The van der Waals surface area contributed by atoms with Gasteiger partial charge in [0.15, 0.2) is 5.96 Å². The van der Waals surface area contributed by atoms with E-state index >= 15 is 0 Å². The van der Waals surface area contributed by atoms with Crippen molar-refractivity contribution < 1.29 is 13.9 Å². The molecule has 2 aromatic rings. The highest BCUT2D eigenvalue weighted by molar-refractivity contribution is 14.0. The summed E-state index contributed by atoms with van der Waals surface area (Å²) in [6.07, 6.45) is 9.29. The van der Waals surface area contributed by atoms with Gasteiger partial charge in [-0.15, -0.1) is 24.0 Å². The highest BCUT2D eigenvalue weighted by atomic mass is 127. The third-order valence-corrected chi connectivity index (χ3v) is 5.90. The molecule has 7 heteroatoms. The Morgan fingerprint density at radius 1 is 1.21 bits per heavy atom. The Morgan fingerprint density at radius 2 is 2.04 bits per heavy atom. The normalized spacial score (nSPS) is 25.9. The molecule has 4 atom stereocenters. The van der Waals surface area contributed by atoms with Gasteiger partial charge in [-0.25, -0.2) is 4.99 Å². The molecule has 3 N–H and O–H groups in total. The average Bonchev–Trinajstić information content (AvgIpc) is 3.45. The summed E-state index contributed by atoms with van der Waals surface area (Å²) in [4.78, 5) is 4.67. The van der Waals surface area contributed by atoms with Crippen molar-refractivity contribution in [1.82, 2.24) is 10.6 Å². The maximum Gasteiger partial charge on any atom is 0.191 e. The molecule has 4 rings (SSSR count). The lowest BCUT2D eigenvalue weighted by molar-refractivity contribution is 0.0436. The van der Waals surface area contributed by atoms with Gasteiger partial charge in [0.2, 0.25) is 0 Å². The molecule has 28 heavy (non-hydrogen) atoms. The predicted octanol–water partition coefficient (Wildman–Crippen LogP) is 3.66. The zero-order valence-electron chi connectivity index (χ0n) is 16.3. The first kappa shape index (κ1) is 21.2. The number of guanidine groups is 1. The molecule has 2 saturated carbocycles. The molecule has 0 aromatic carbocycles. The fourth-order valence-electron chi connectivity index (χ4n) is 4.40. The number of aliphatic imine (C=N–C) groups is 1. The summed E-state index contributed by atoms with van der Waals surface area (Å²) in [5, 5.41) is 17.7. The van der Waals surface area contributed by atoms with Crippen molar-refractivity contribution in [3.63, 3.8) is 0 Å². The number of fused-ring (bicyclic) bond motifs is 2. The van der Waals surface area contributed by atoms with E-state index in [-0.39, 0.29) is 30.5 Å². The van der Waals surface area contributed by atoms with Gasteiger partial charge < -0.3 is 24.6 Å². The van der Waals surface area contributed by atoms with Crippen LogP contribution in [0.3, 0.4) is 0 Å². The first-order chi connectivity index (χ1) is 13.1. The van der Waals surface area contributed by atoms with Gasteiger partial charge in [-0.05, 0) is 62.3 Å². The maximum absolute atomic E-state index is 10.7. The molecule has 2 fully saturated rings. The van der Waals surface area contributed by atoms with Crippen LogP contribution in [-0.2, 0) is 12.0 Å². The van der Waals surface area contributed by atoms with Crippen LogP contribution in [0.1, 0.15) is 44.1 Å². The summed E-state index contributed by atoms with van der Waals surface area (Å²) in [5.41, 5.74) is -1.13. The lowest BCUT2D eigenvalue weighted by atomic mass is 9.95. The Bertz CT molecular complexity index is 743. The molecular weight excluding hydrogens is 469 g/mol. The van der Waals surface area contributed by atoms with Crippen LogP contribution >= 0.6 is 24.0 Å². The van der Waals surface area contributed by atoms with E-state index in [1.807, 2.05) is 12.1 Å². The smallest absolute Gasteiger partial charge is 0.191 e. The van der Waals surface area contributed by atoms with Gasteiger partial charge in [-0.3, -0.25) is 0 Å². The maximum atomic E-state index is 10.7. The highest BCUT2D eigenvalue weighted by Gasteiger charge is 2.39. The van der Waals surface area contributed by atoms with Crippen molar-refractivity contribution in [2.45, 2.75) is 50.7 Å². The summed E-state index contributed by atoms with van der Waals surface area (Å²) in [5.74, 6) is 3.84. The second kappa shape index (κ2) is 9.35. The van der Waals surface area contributed by atoms with Crippen molar-refractivity contribution >= 4 is 29.9 Å². The zero-order valence-corrected chi connectivity index (χ0v) is 18.6. The van der Waals surface area contributed by atoms with E-state index in [0.717, 1.165) is 36.5 Å². The number of furan rings is 2. The number of nitrogens with zero attached hydrogens (tertiary/aromatic N) is 1. The first-order valence-corrected chi connectivity index (χ1v) is 9.94. The number of nitrogens with one attached hydrogen (secondary N) is 2. The van der Waals surface area contributed by atoms with Crippen LogP contribution in [0.4, 0.5) is 0 Å². The molecule has 2 bridgehead atoms. The van der Waals surface area contributed by atoms with Crippen LogP contribution in [-0.4, -0.2) is 30.2 Å². The van der Waals surface area contributed by atoms with E-state index in [1.54, 1.807) is 31.6 Å². The Kier molecular flexibility index (Phi) is 7.09. The Labute approximate surface area is 183 Å². The summed E-state index contributed by atoms with van der Waals surface area (Å²) >= 11 is 0. The lowest BCUT2D eigenvalue weighted by Crippen LogP contribution is -2.46. The quantitative estimate of drug-likeness (QED) is 0.308. The predicted molar refractivity (Wildman–Crippen MR) is 119 cm³/mol. The minimum Gasteiger partial charge on any atom is -0.469 e. The summed E-state index contributed by atoms with van der Waals surface area (Å²) < 4.78 is 10.8. The fraction of sp³-hybridized carbons (Fsp3) is 0.571. The molecular formula is C21H30IN3O3. The molecule has 0 aliphatic heterocycles. The first-order valence-electron chi connectivity index (χ1n) is 9.94. The highest BCUT2D eigenvalue weighted by Crippen LogP contribution is 2.44. The van der Waals surface area contributed by atoms with Crippen molar-refractivity contribution in [1.29, 1.82) is 0 Å². The molecule has 0 radical (unpaired) electrons. The second-order valence-corrected chi connectivity index (χ2v) is 8.10. The van der Waals surface area contributed by atoms with E-state index in [4.69, 9.17) is 8.83 Å². The van der Waals surface area contributed by atoms with E-state index in [0.29, 0.717) is 11.8 Å². The third-order valence-electron chi connectivity index (χ3n) is 5.90. The number of hydrogen-bond acceptors (Lipinski definition) is 4. The van der Waals surface area contributed by atoms with Gasteiger partial charge in [0.1, 0.15) is 17.1 Å². The Morgan fingerprint density at radius 3 is 2.68 bits per heavy atom. The van der Waals surface area contributed by atoms with E-state index in [2.05, 4.69) is 15.6 Å². The van der Waals surface area contributed by atoms with Crippen LogP contribution in [0, 0.1) is 11.8 Å². The number of rotatable bonds is 7. The molecule has 4 unspecified atom stereocenters. The van der Waals surface area contributed by atoms with Crippen molar-refractivity contribution in [3.8, 4) is 0 Å². The molecule has 0 amide bonds. The van der Waals surface area contributed by atoms with Gasteiger partial charge in [0, 0.05) is 19.0 Å². The number of aliphatic hydroxyl groups is 1. The molecule has 2 heterocycles. The molecule has 2 aromatic heterocycles. The van der Waals surface area contributed by atoms with E-state index in [1.165, 1.54) is 25.7 Å². The zero-order chi connectivity index (χ0) is 18.7. The van der Waals surface area contributed by atoms with Crippen molar-refractivity contribution in [3.05, 3.63) is 48.3 Å². The van der Waals surface area contributed by atoms with E-state index in [9.17, 15) is 5.11 Å². The standard InChI is InChI=1S/C21H29N3O3.HI/c1-21(25,19-5-3-11-27-19)14-23-20(22-9-8-17-4-2-10-26-17)24-18-13-15-6-7-16(18)12-15;/h2-5,10-11,15-16,18,25H,6-9,12-14H2,1H3,(H2,22,23,24);1H. The van der Waals surface area contributed by atoms with Gasteiger partial charge in [0.05, 0.1) is 19.1 Å². The van der Waals surface area contributed by atoms with Crippen LogP contribution in [0.5, 0.6) is 0 Å². The van der Waals surface area contributed by atoms with Crippen molar-refractivity contribution in [2.75, 3.05) is 13.1 Å².